The highest BCUT2D eigenvalue weighted by Crippen LogP contribution is 2.67. The Morgan fingerprint density at radius 3 is 2.50 bits per heavy atom. The van der Waals surface area contributed by atoms with Gasteiger partial charge < -0.3 is 4.74 Å². The van der Waals surface area contributed by atoms with E-state index in [4.69, 9.17) is 4.74 Å². The van der Waals surface area contributed by atoms with E-state index in [0.29, 0.717) is 16.7 Å². The summed E-state index contributed by atoms with van der Waals surface area (Å²) in [4.78, 5) is 11.4. The minimum atomic E-state index is -0.230. The first-order valence-electron chi connectivity index (χ1n) is 10.4. The Labute approximate surface area is 158 Å². The van der Waals surface area contributed by atoms with Crippen LogP contribution in [0.1, 0.15) is 83.4 Å². The molecule has 26 heavy (non-hydrogen) atoms. The number of ether oxygens (including phenoxy) is 1. The van der Waals surface area contributed by atoms with E-state index >= 15 is 0 Å². The van der Waals surface area contributed by atoms with Crippen LogP contribution in [0.25, 0.3) is 0 Å². The SMILES string of the molecule is CC(=O)Oc1cc(C)c2c(c1)CC1C2(C)CCC2C(C)(C)CCCC21C. The summed E-state index contributed by atoms with van der Waals surface area (Å²) in [6.45, 7) is 13.8. The Bertz CT molecular complexity index is 762. The smallest absolute Gasteiger partial charge is 0.308 e. The summed E-state index contributed by atoms with van der Waals surface area (Å²) in [5, 5.41) is 0. The molecular formula is C24H34O2. The minimum absolute atomic E-state index is 0.230. The van der Waals surface area contributed by atoms with E-state index in [1.165, 1.54) is 50.2 Å². The molecule has 0 saturated heterocycles. The Morgan fingerprint density at radius 1 is 1.08 bits per heavy atom. The number of aryl methyl sites for hydroxylation is 1. The van der Waals surface area contributed by atoms with Crippen LogP contribution in [0.5, 0.6) is 5.75 Å². The Balaban J connectivity index is 1.78. The fourth-order valence-electron chi connectivity index (χ4n) is 7.65. The lowest BCUT2D eigenvalue weighted by Gasteiger charge is -2.61. The molecule has 2 nitrogen and oxygen atoms in total. The standard InChI is InChI=1S/C24H34O2/c1-15-12-18(26-16(2)25)13-17-14-20-23(5)10-7-9-22(3,4)19(23)8-11-24(20,6)21(15)17/h12-13,19-20H,7-11,14H2,1-6H3. The number of benzene rings is 1. The molecule has 0 aromatic heterocycles. The van der Waals surface area contributed by atoms with Crippen molar-refractivity contribution in [1.29, 1.82) is 0 Å². The van der Waals surface area contributed by atoms with Gasteiger partial charge in [-0.3, -0.25) is 4.79 Å². The summed E-state index contributed by atoms with van der Waals surface area (Å²) < 4.78 is 5.43. The maximum atomic E-state index is 11.4. The van der Waals surface area contributed by atoms with Gasteiger partial charge in [0.1, 0.15) is 5.75 Å². The fourth-order valence-corrected chi connectivity index (χ4v) is 7.65. The maximum Gasteiger partial charge on any atom is 0.308 e. The number of hydrogen-bond acceptors (Lipinski definition) is 2. The van der Waals surface area contributed by atoms with Crippen molar-refractivity contribution in [3.63, 3.8) is 0 Å². The zero-order chi connectivity index (χ0) is 18.9. The highest BCUT2D eigenvalue weighted by atomic mass is 16.5. The average molecular weight is 355 g/mol. The van der Waals surface area contributed by atoms with Gasteiger partial charge in [-0.2, -0.15) is 0 Å². The van der Waals surface area contributed by atoms with Crippen molar-refractivity contribution >= 4 is 5.97 Å². The molecule has 4 atom stereocenters. The van der Waals surface area contributed by atoms with Crippen molar-refractivity contribution < 1.29 is 9.53 Å². The molecule has 142 valence electrons. The second-order valence-corrected chi connectivity index (χ2v) is 10.5. The molecule has 0 heterocycles. The first-order chi connectivity index (χ1) is 12.1. The van der Waals surface area contributed by atoms with Crippen molar-refractivity contribution in [3.8, 4) is 5.75 Å². The normalized spacial score (nSPS) is 37.5. The van der Waals surface area contributed by atoms with Crippen molar-refractivity contribution in [2.75, 3.05) is 0 Å². The van der Waals surface area contributed by atoms with Crippen LogP contribution in [0.3, 0.4) is 0 Å². The van der Waals surface area contributed by atoms with Crippen molar-refractivity contribution in [1.82, 2.24) is 0 Å². The molecule has 4 unspecified atom stereocenters. The van der Waals surface area contributed by atoms with Crippen molar-refractivity contribution in [2.24, 2.45) is 22.7 Å². The monoisotopic (exact) mass is 354 g/mol. The van der Waals surface area contributed by atoms with Crippen LogP contribution in [-0.4, -0.2) is 5.97 Å². The fraction of sp³-hybridized carbons (Fsp3) is 0.708. The molecule has 0 aliphatic heterocycles. The van der Waals surface area contributed by atoms with Crippen LogP contribution >= 0.6 is 0 Å². The number of carbonyl (C=O) groups is 1. The quantitative estimate of drug-likeness (QED) is 0.458. The molecule has 0 N–H and O–H groups in total. The zero-order valence-corrected chi connectivity index (χ0v) is 17.4. The van der Waals surface area contributed by atoms with Crippen LogP contribution in [-0.2, 0) is 16.6 Å². The zero-order valence-electron chi connectivity index (χ0n) is 17.4. The first-order valence-corrected chi connectivity index (χ1v) is 10.4. The first kappa shape index (κ1) is 18.1. The predicted molar refractivity (Wildman–Crippen MR) is 105 cm³/mol. The summed E-state index contributed by atoms with van der Waals surface area (Å²) in [6, 6.07) is 4.23. The summed E-state index contributed by atoms with van der Waals surface area (Å²) in [6.07, 6.45) is 7.89. The van der Waals surface area contributed by atoms with E-state index in [1.54, 1.807) is 5.56 Å². The molecule has 2 heteroatoms. The lowest BCUT2D eigenvalue weighted by atomic mass is 9.43. The molecule has 0 amide bonds. The molecule has 0 spiro atoms. The summed E-state index contributed by atoms with van der Waals surface area (Å²) in [7, 11) is 0. The van der Waals surface area contributed by atoms with Crippen LogP contribution in [0.15, 0.2) is 12.1 Å². The van der Waals surface area contributed by atoms with Gasteiger partial charge in [-0.15, -0.1) is 0 Å². The molecule has 4 rings (SSSR count). The van der Waals surface area contributed by atoms with Crippen LogP contribution in [0.4, 0.5) is 0 Å². The highest BCUT2D eigenvalue weighted by molar-refractivity contribution is 5.69. The lowest BCUT2D eigenvalue weighted by Crippen LogP contribution is -2.55. The molecule has 2 fully saturated rings. The number of rotatable bonds is 1. The number of hydrogen-bond donors (Lipinski definition) is 0. The number of carbonyl (C=O) groups excluding carboxylic acids is 1. The summed E-state index contributed by atoms with van der Waals surface area (Å²) in [5.41, 5.74) is 5.44. The number of fused-ring (bicyclic) bond motifs is 5. The van der Waals surface area contributed by atoms with E-state index in [0.717, 1.165) is 18.1 Å². The topological polar surface area (TPSA) is 26.3 Å². The second kappa shape index (κ2) is 5.59. The van der Waals surface area contributed by atoms with Crippen LogP contribution in [0.2, 0.25) is 0 Å². The van der Waals surface area contributed by atoms with Crippen LogP contribution in [0, 0.1) is 29.6 Å². The molecule has 3 aliphatic carbocycles. The van der Waals surface area contributed by atoms with E-state index in [9.17, 15) is 4.79 Å². The van der Waals surface area contributed by atoms with E-state index in [2.05, 4.69) is 46.8 Å². The van der Waals surface area contributed by atoms with Gasteiger partial charge in [0.25, 0.3) is 0 Å². The molecule has 3 aliphatic rings. The molecule has 0 radical (unpaired) electrons. The van der Waals surface area contributed by atoms with Crippen molar-refractivity contribution in [2.45, 2.75) is 85.5 Å². The average Bonchev–Trinajstić information content (AvgIpc) is 2.80. The van der Waals surface area contributed by atoms with Crippen molar-refractivity contribution in [3.05, 3.63) is 28.8 Å². The summed E-state index contributed by atoms with van der Waals surface area (Å²) >= 11 is 0. The third kappa shape index (κ3) is 2.40. The summed E-state index contributed by atoms with van der Waals surface area (Å²) in [5.74, 6) is 2.02. The Morgan fingerprint density at radius 2 is 1.81 bits per heavy atom. The van der Waals surface area contributed by atoms with E-state index in [1.807, 2.05) is 0 Å². The molecule has 2 saturated carbocycles. The van der Waals surface area contributed by atoms with Crippen LogP contribution < -0.4 is 4.74 Å². The van der Waals surface area contributed by atoms with Gasteiger partial charge in [-0.1, -0.05) is 34.1 Å². The van der Waals surface area contributed by atoms with E-state index < -0.39 is 0 Å². The third-order valence-corrected chi connectivity index (χ3v) is 8.44. The van der Waals surface area contributed by atoms with E-state index in [-0.39, 0.29) is 11.4 Å². The molecule has 1 aromatic rings. The minimum Gasteiger partial charge on any atom is -0.427 e. The number of esters is 1. The van der Waals surface area contributed by atoms with Gasteiger partial charge in [0.15, 0.2) is 0 Å². The van der Waals surface area contributed by atoms with Gasteiger partial charge >= 0.3 is 5.97 Å². The highest BCUT2D eigenvalue weighted by Gasteiger charge is 2.61. The van der Waals surface area contributed by atoms with Gasteiger partial charge in [0, 0.05) is 6.92 Å². The second-order valence-electron chi connectivity index (χ2n) is 10.5. The Hall–Kier alpha value is -1.31. The molecular weight excluding hydrogens is 320 g/mol. The maximum absolute atomic E-state index is 11.4. The van der Waals surface area contributed by atoms with Gasteiger partial charge in [0.05, 0.1) is 0 Å². The predicted octanol–water partition coefficient (Wildman–Crippen LogP) is 5.98. The Kier molecular flexibility index (Phi) is 3.89. The van der Waals surface area contributed by atoms with Gasteiger partial charge in [-0.25, -0.2) is 0 Å². The lowest BCUT2D eigenvalue weighted by molar-refractivity contribution is -0.131. The van der Waals surface area contributed by atoms with Gasteiger partial charge in [0.2, 0.25) is 0 Å². The van der Waals surface area contributed by atoms with Gasteiger partial charge in [-0.05, 0) is 95.9 Å². The largest absolute Gasteiger partial charge is 0.427 e. The third-order valence-electron chi connectivity index (χ3n) is 8.44. The molecule has 1 aromatic carbocycles. The molecule has 0 bridgehead atoms.